The van der Waals surface area contributed by atoms with E-state index in [0.29, 0.717) is 19.1 Å². The average Bonchev–Trinajstić information content (AvgIpc) is 2.43. The largest absolute Gasteiger partial charge is 0.466 e. The van der Waals surface area contributed by atoms with E-state index >= 15 is 0 Å². The van der Waals surface area contributed by atoms with Crippen LogP contribution < -0.4 is 5.32 Å². The van der Waals surface area contributed by atoms with Crippen molar-refractivity contribution in [1.29, 1.82) is 0 Å². The molecule has 20 heavy (non-hydrogen) atoms. The molecule has 0 saturated heterocycles. The van der Waals surface area contributed by atoms with Crippen molar-refractivity contribution >= 4 is 21.9 Å². The summed E-state index contributed by atoms with van der Waals surface area (Å²) < 4.78 is 6.00. The van der Waals surface area contributed by atoms with Gasteiger partial charge in [0, 0.05) is 16.9 Å². The number of unbranched alkanes of at least 4 members (excludes halogenated alkanes) is 2. The molecule has 1 N–H and O–H groups in total. The molecule has 0 aliphatic carbocycles. The second kappa shape index (κ2) is 9.94. The summed E-state index contributed by atoms with van der Waals surface area (Å²) in [7, 11) is 0. The van der Waals surface area contributed by atoms with Crippen molar-refractivity contribution in [3.05, 3.63) is 34.3 Å². The zero-order valence-corrected chi connectivity index (χ0v) is 13.9. The third-order valence-corrected chi connectivity index (χ3v) is 3.71. The fourth-order valence-electron chi connectivity index (χ4n) is 1.99. The number of hydrogen-bond acceptors (Lipinski definition) is 3. The van der Waals surface area contributed by atoms with Gasteiger partial charge >= 0.3 is 5.97 Å². The van der Waals surface area contributed by atoms with Gasteiger partial charge in [-0.1, -0.05) is 34.5 Å². The summed E-state index contributed by atoms with van der Waals surface area (Å²) in [5.41, 5.74) is 1.29. The molecule has 0 saturated carbocycles. The molecule has 0 aliphatic heterocycles. The Hall–Kier alpha value is -0.870. The van der Waals surface area contributed by atoms with Gasteiger partial charge in [0.15, 0.2) is 0 Å². The molecule has 0 bridgehead atoms. The lowest BCUT2D eigenvalue weighted by atomic mass is 10.1. The van der Waals surface area contributed by atoms with Gasteiger partial charge in [-0.2, -0.15) is 0 Å². The van der Waals surface area contributed by atoms with Crippen molar-refractivity contribution in [2.24, 2.45) is 0 Å². The molecule has 4 heteroatoms. The highest BCUT2D eigenvalue weighted by molar-refractivity contribution is 9.10. The highest BCUT2D eigenvalue weighted by Crippen LogP contribution is 2.16. The summed E-state index contributed by atoms with van der Waals surface area (Å²) in [5.74, 6) is -0.0799. The Bertz CT molecular complexity index is 392. The summed E-state index contributed by atoms with van der Waals surface area (Å²) in [6.07, 6.45) is 3.59. The van der Waals surface area contributed by atoms with Crippen LogP contribution in [0.25, 0.3) is 0 Å². The Labute approximate surface area is 130 Å². The average molecular weight is 342 g/mol. The van der Waals surface area contributed by atoms with Gasteiger partial charge < -0.3 is 10.1 Å². The standard InChI is InChI=1S/C16H24BrNO2/c1-3-20-16(19)7-5-4-6-12-18-13(2)14-8-10-15(17)11-9-14/h8-11,13,18H,3-7,12H2,1-2H3/t13-/m0/s1. The molecule has 0 amide bonds. The number of esters is 1. The van der Waals surface area contributed by atoms with Crippen LogP contribution in [0.1, 0.15) is 51.1 Å². The highest BCUT2D eigenvalue weighted by Gasteiger charge is 2.04. The van der Waals surface area contributed by atoms with E-state index in [1.54, 1.807) is 0 Å². The Morgan fingerprint density at radius 3 is 2.60 bits per heavy atom. The maximum Gasteiger partial charge on any atom is 0.305 e. The summed E-state index contributed by atoms with van der Waals surface area (Å²) >= 11 is 3.44. The van der Waals surface area contributed by atoms with E-state index < -0.39 is 0 Å². The third-order valence-electron chi connectivity index (χ3n) is 3.18. The van der Waals surface area contributed by atoms with Gasteiger partial charge in [-0.05, 0) is 50.9 Å². The summed E-state index contributed by atoms with van der Waals surface area (Å²) in [4.78, 5) is 11.2. The fourth-order valence-corrected chi connectivity index (χ4v) is 2.26. The number of carbonyl (C=O) groups excluding carboxylic acids is 1. The van der Waals surface area contributed by atoms with Crippen LogP contribution >= 0.6 is 15.9 Å². The second-order valence-corrected chi connectivity index (χ2v) is 5.76. The minimum atomic E-state index is -0.0799. The number of hydrogen-bond donors (Lipinski definition) is 1. The predicted molar refractivity (Wildman–Crippen MR) is 85.7 cm³/mol. The van der Waals surface area contributed by atoms with E-state index in [2.05, 4.69) is 52.4 Å². The number of halogens is 1. The molecule has 0 unspecified atom stereocenters. The topological polar surface area (TPSA) is 38.3 Å². The van der Waals surface area contributed by atoms with E-state index in [4.69, 9.17) is 4.74 Å². The Kier molecular flexibility index (Phi) is 8.54. The first-order valence-corrected chi connectivity index (χ1v) is 8.07. The fraction of sp³-hybridized carbons (Fsp3) is 0.562. The van der Waals surface area contributed by atoms with Crippen molar-refractivity contribution < 1.29 is 9.53 Å². The Morgan fingerprint density at radius 2 is 1.95 bits per heavy atom. The molecular formula is C16H24BrNO2. The van der Waals surface area contributed by atoms with Crippen LogP contribution in [0.2, 0.25) is 0 Å². The van der Waals surface area contributed by atoms with Crippen LogP contribution in [0.5, 0.6) is 0 Å². The SMILES string of the molecule is CCOC(=O)CCCCCN[C@@H](C)c1ccc(Br)cc1. The van der Waals surface area contributed by atoms with Crippen molar-refractivity contribution in [3.63, 3.8) is 0 Å². The maximum absolute atomic E-state index is 11.2. The number of rotatable bonds is 9. The Morgan fingerprint density at radius 1 is 1.25 bits per heavy atom. The lowest BCUT2D eigenvalue weighted by Gasteiger charge is -2.14. The number of carbonyl (C=O) groups is 1. The molecular weight excluding hydrogens is 318 g/mol. The van der Waals surface area contributed by atoms with Crippen LogP contribution in [0.15, 0.2) is 28.7 Å². The quantitative estimate of drug-likeness (QED) is 0.539. The van der Waals surface area contributed by atoms with Gasteiger partial charge in [0.2, 0.25) is 0 Å². The molecule has 0 heterocycles. The van der Waals surface area contributed by atoms with Crippen LogP contribution in [-0.2, 0) is 9.53 Å². The summed E-state index contributed by atoms with van der Waals surface area (Å²) in [5, 5.41) is 3.50. The van der Waals surface area contributed by atoms with Gasteiger partial charge in [-0.3, -0.25) is 4.79 Å². The van der Waals surface area contributed by atoms with Crippen LogP contribution in [-0.4, -0.2) is 19.1 Å². The van der Waals surface area contributed by atoms with Gasteiger partial charge in [0.05, 0.1) is 6.61 Å². The second-order valence-electron chi connectivity index (χ2n) is 4.84. The van der Waals surface area contributed by atoms with Gasteiger partial charge in [0.1, 0.15) is 0 Å². The maximum atomic E-state index is 11.2. The number of benzene rings is 1. The predicted octanol–water partition coefficient (Wildman–Crippen LogP) is 4.22. The third kappa shape index (κ3) is 7.06. The van der Waals surface area contributed by atoms with E-state index in [1.165, 1.54) is 5.56 Å². The lowest BCUT2D eigenvalue weighted by molar-refractivity contribution is -0.143. The summed E-state index contributed by atoms with van der Waals surface area (Å²) in [6, 6.07) is 8.73. The minimum absolute atomic E-state index is 0.0799. The van der Waals surface area contributed by atoms with Gasteiger partial charge in [0.25, 0.3) is 0 Å². The van der Waals surface area contributed by atoms with Crippen molar-refractivity contribution in [1.82, 2.24) is 5.32 Å². The monoisotopic (exact) mass is 341 g/mol. The van der Waals surface area contributed by atoms with Crippen LogP contribution in [0.3, 0.4) is 0 Å². The van der Waals surface area contributed by atoms with E-state index in [1.807, 2.05) is 6.92 Å². The van der Waals surface area contributed by atoms with Gasteiger partial charge in [-0.15, -0.1) is 0 Å². The molecule has 1 atom stereocenters. The molecule has 112 valence electrons. The molecule has 0 aliphatic rings. The molecule has 1 aromatic carbocycles. The smallest absolute Gasteiger partial charge is 0.305 e. The highest BCUT2D eigenvalue weighted by atomic mass is 79.9. The first kappa shape index (κ1) is 17.2. The molecule has 3 nitrogen and oxygen atoms in total. The van der Waals surface area contributed by atoms with Crippen molar-refractivity contribution in [2.75, 3.05) is 13.2 Å². The Balaban J connectivity index is 2.09. The van der Waals surface area contributed by atoms with E-state index in [9.17, 15) is 4.79 Å². The van der Waals surface area contributed by atoms with Crippen LogP contribution in [0.4, 0.5) is 0 Å². The first-order valence-electron chi connectivity index (χ1n) is 7.28. The normalized spacial score (nSPS) is 12.2. The molecule has 0 radical (unpaired) electrons. The van der Waals surface area contributed by atoms with Crippen LogP contribution in [0, 0.1) is 0 Å². The van der Waals surface area contributed by atoms with Crippen molar-refractivity contribution in [2.45, 2.75) is 45.6 Å². The zero-order chi connectivity index (χ0) is 14.8. The van der Waals surface area contributed by atoms with Crippen molar-refractivity contribution in [3.8, 4) is 0 Å². The molecule has 0 spiro atoms. The molecule has 0 aromatic heterocycles. The molecule has 1 aromatic rings. The number of ether oxygens (including phenoxy) is 1. The summed E-state index contributed by atoms with van der Waals surface area (Å²) in [6.45, 7) is 5.46. The minimum Gasteiger partial charge on any atom is -0.466 e. The lowest BCUT2D eigenvalue weighted by Crippen LogP contribution is -2.19. The van der Waals surface area contributed by atoms with E-state index in [-0.39, 0.29) is 5.97 Å². The molecule has 1 rings (SSSR count). The zero-order valence-electron chi connectivity index (χ0n) is 12.3. The van der Waals surface area contributed by atoms with Gasteiger partial charge in [-0.25, -0.2) is 0 Å². The number of nitrogens with one attached hydrogen (secondary N) is 1. The van der Waals surface area contributed by atoms with E-state index in [0.717, 1.165) is 30.3 Å². The molecule has 0 fully saturated rings. The first-order chi connectivity index (χ1) is 9.63.